The lowest BCUT2D eigenvalue weighted by Gasteiger charge is -2.32. The molecule has 3 aromatic heterocycles. The van der Waals surface area contributed by atoms with Gasteiger partial charge in [0.15, 0.2) is 11.7 Å². The van der Waals surface area contributed by atoms with E-state index in [0.29, 0.717) is 0 Å². The maximum absolute atomic E-state index is 13.7. The summed E-state index contributed by atoms with van der Waals surface area (Å²) in [6.07, 6.45) is -1.61. The predicted molar refractivity (Wildman–Crippen MR) is 103 cm³/mol. The van der Waals surface area contributed by atoms with Crippen LogP contribution in [0.25, 0.3) is 0 Å². The van der Waals surface area contributed by atoms with Crippen molar-refractivity contribution in [3.63, 3.8) is 0 Å². The molecule has 4 rings (SSSR count). The van der Waals surface area contributed by atoms with Gasteiger partial charge in [0.25, 0.3) is 5.91 Å². The van der Waals surface area contributed by atoms with E-state index >= 15 is 0 Å². The number of nitrogens with zero attached hydrogens (tertiary/aromatic N) is 3. The van der Waals surface area contributed by atoms with Gasteiger partial charge in [0.1, 0.15) is 10.8 Å². The summed E-state index contributed by atoms with van der Waals surface area (Å²) in [5.41, 5.74) is 0.490. The topological polar surface area (TPSA) is 71.8 Å². The lowest BCUT2D eigenvalue weighted by molar-refractivity contribution is -0.173. The van der Waals surface area contributed by atoms with E-state index in [1.54, 1.807) is 42.0 Å². The van der Waals surface area contributed by atoms with Crippen molar-refractivity contribution in [3.8, 4) is 0 Å². The highest BCUT2D eigenvalue weighted by Gasteiger charge is 2.48. The Hall–Kier alpha value is -2.59. The summed E-state index contributed by atoms with van der Waals surface area (Å²) in [5.74, 6) is -0.665. The molecule has 0 radical (unpaired) electrons. The van der Waals surface area contributed by atoms with E-state index in [9.17, 15) is 18.0 Å². The highest BCUT2D eigenvalue weighted by molar-refractivity contribution is 7.10. The Balaban J connectivity index is 1.63. The Morgan fingerprint density at radius 2 is 2.21 bits per heavy atom. The van der Waals surface area contributed by atoms with E-state index in [4.69, 9.17) is 11.6 Å². The van der Waals surface area contributed by atoms with Crippen LogP contribution < -0.4 is 10.6 Å². The number of pyridine rings is 1. The van der Waals surface area contributed by atoms with Gasteiger partial charge in [-0.15, -0.1) is 11.3 Å². The fourth-order valence-corrected chi connectivity index (χ4v) is 4.23. The Bertz CT molecular complexity index is 1010. The highest BCUT2D eigenvalue weighted by Crippen LogP contribution is 2.46. The summed E-state index contributed by atoms with van der Waals surface area (Å²) >= 11 is 7.63. The molecule has 6 nitrogen and oxygen atoms in total. The number of thiophene rings is 1. The van der Waals surface area contributed by atoms with Crippen molar-refractivity contribution in [3.05, 3.63) is 63.2 Å². The smallest absolute Gasteiger partial charge is 0.361 e. The highest BCUT2D eigenvalue weighted by atomic mass is 35.5. The van der Waals surface area contributed by atoms with Gasteiger partial charge < -0.3 is 10.6 Å². The van der Waals surface area contributed by atoms with Crippen molar-refractivity contribution in [1.82, 2.24) is 20.1 Å². The molecular formula is C18H15ClF3N5OS. The zero-order valence-corrected chi connectivity index (χ0v) is 16.4. The van der Waals surface area contributed by atoms with Crippen LogP contribution in [0.3, 0.4) is 0 Å². The number of rotatable bonds is 4. The monoisotopic (exact) mass is 441 g/mol. The molecule has 0 saturated heterocycles. The van der Waals surface area contributed by atoms with Gasteiger partial charge in [-0.05, 0) is 23.1 Å². The molecule has 11 heteroatoms. The Labute approximate surface area is 172 Å². The fraction of sp³-hybridized carbons (Fsp3) is 0.278. The summed E-state index contributed by atoms with van der Waals surface area (Å²) in [5, 5.41) is 11.2. The van der Waals surface area contributed by atoms with E-state index in [1.165, 1.54) is 11.3 Å². The van der Waals surface area contributed by atoms with Crippen LogP contribution in [0.5, 0.6) is 0 Å². The minimum atomic E-state index is -4.54. The third-order valence-corrected chi connectivity index (χ3v) is 5.92. The van der Waals surface area contributed by atoms with Crippen molar-refractivity contribution in [2.24, 2.45) is 0 Å². The van der Waals surface area contributed by atoms with Crippen LogP contribution in [0, 0.1) is 0 Å². The lowest BCUT2D eigenvalue weighted by Crippen LogP contribution is -2.35. The van der Waals surface area contributed by atoms with Gasteiger partial charge in [-0.3, -0.25) is 9.78 Å². The van der Waals surface area contributed by atoms with E-state index in [0.717, 1.165) is 15.1 Å². The van der Waals surface area contributed by atoms with Crippen LogP contribution in [-0.4, -0.2) is 26.8 Å². The zero-order chi connectivity index (χ0) is 20.6. The second kappa shape index (κ2) is 7.68. The first-order chi connectivity index (χ1) is 13.8. The molecule has 1 aliphatic rings. The molecule has 152 valence electrons. The second-order valence-electron chi connectivity index (χ2n) is 6.51. The average molecular weight is 442 g/mol. The van der Waals surface area contributed by atoms with Gasteiger partial charge in [0.05, 0.1) is 6.04 Å². The van der Waals surface area contributed by atoms with E-state index in [2.05, 4.69) is 20.7 Å². The summed E-state index contributed by atoms with van der Waals surface area (Å²) in [4.78, 5) is 17.2. The predicted octanol–water partition coefficient (Wildman–Crippen LogP) is 4.58. The summed E-state index contributed by atoms with van der Waals surface area (Å²) in [6, 6.07) is 4.55. The van der Waals surface area contributed by atoms with Crippen LogP contribution in [0.4, 0.5) is 19.0 Å². The van der Waals surface area contributed by atoms with Crippen LogP contribution in [0.1, 0.15) is 39.4 Å². The largest absolute Gasteiger partial charge is 0.410 e. The fourth-order valence-electron chi connectivity index (χ4n) is 3.18. The van der Waals surface area contributed by atoms with Crippen molar-refractivity contribution in [2.75, 3.05) is 5.32 Å². The normalized spacial score (nSPS) is 18.8. The number of halogens is 4. The number of amides is 1. The molecule has 29 heavy (non-hydrogen) atoms. The first-order valence-electron chi connectivity index (χ1n) is 8.66. The molecule has 1 aliphatic heterocycles. The van der Waals surface area contributed by atoms with Crippen molar-refractivity contribution < 1.29 is 18.0 Å². The molecule has 1 amide bonds. The molecule has 2 N–H and O–H groups in total. The number of nitrogens with one attached hydrogen (secondary N) is 2. The minimum absolute atomic E-state index is 0.00910. The molecule has 2 atom stereocenters. The number of alkyl halides is 3. The molecule has 3 aromatic rings. The van der Waals surface area contributed by atoms with Crippen LogP contribution in [0.2, 0.25) is 5.02 Å². The molecular weight excluding hydrogens is 427 g/mol. The quantitative estimate of drug-likeness (QED) is 0.621. The standard InChI is InChI=1S/C18H15ClF3N5OS/c19-14-15(17(28)24-9-10-3-1-5-23-8-10)26-27-13(18(20,21)22)7-11(25-16(14)27)12-4-2-6-29-12/h1-6,8,11,13,25H,7,9H2,(H,24,28)/t11-,13-/m1/s1. The molecule has 0 fully saturated rings. The number of aromatic nitrogens is 3. The first kappa shape index (κ1) is 19.7. The van der Waals surface area contributed by atoms with E-state index in [-0.39, 0.29) is 29.5 Å². The van der Waals surface area contributed by atoms with Crippen LogP contribution in [-0.2, 0) is 6.54 Å². The SMILES string of the molecule is O=C(NCc1cccnc1)c1nn2c(c1Cl)N[C@@H](c1cccs1)C[C@@H]2C(F)(F)F. The maximum atomic E-state index is 13.7. The third-order valence-electron chi connectivity index (χ3n) is 4.57. The Morgan fingerprint density at radius 1 is 1.38 bits per heavy atom. The number of hydrogen-bond donors (Lipinski definition) is 2. The Morgan fingerprint density at radius 3 is 2.86 bits per heavy atom. The molecule has 0 bridgehead atoms. The summed E-state index contributed by atoms with van der Waals surface area (Å²) < 4.78 is 41.9. The average Bonchev–Trinajstić information content (AvgIpc) is 3.34. The number of carbonyl (C=O) groups is 1. The second-order valence-corrected chi connectivity index (χ2v) is 7.86. The number of carbonyl (C=O) groups excluding carboxylic acids is 1. The van der Waals surface area contributed by atoms with Crippen molar-refractivity contribution >= 4 is 34.7 Å². The molecule has 4 heterocycles. The molecule has 0 spiro atoms. The molecule has 0 aliphatic carbocycles. The molecule has 0 saturated carbocycles. The van der Waals surface area contributed by atoms with Gasteiger partial charge in [0, 0.05) is 30.2 Å². The molecule has 0 unspecified atom stereocenters. The molecule has 0 aromatic carbocycles. The summed E-state index contributed by atoms with van der Waals surface area (Å²) in [7, 11) is 0. The van der Waals surface area contributed by atoms with Gasteiger partial charge in [-0.25, -0.2) is 4.68 Å². The van der Waals surface area contributed by atoms with Crippen molar-refractivity contribution in [1.29, 1.82) is 0 Å². The van der Waals surface area contributed by atoms with Gasteiger partial charge in [-0.1, -0.05) is 23.7 Å². The maximum Gasteiger partial charge on any atom is 0.410 e. The number of anilines is 1. The third kappa shape index (κ3) is 3.95. The number of hydrogen-bond acceptors (Lipinski definition) is 5. The first-order valence-corrected chi connectivity index (χ1v) is 9.92. The van der Waals surface area contributed by atoms with Gasteiger partial charge >= 0.3 is 6.18 Å². The van der Waals surface area contributed by atoms with Gasteiger partial charge in [0.2, 0.25) is 0 Å². The Kier molecular flexibility index (Phi) is 5.22. The van der Waals surface area contributed by atoms with Crippen molar-refractivity contribution in [2.45, 2.75) is 31.2 Å². The van der Waals surface area contributed by atoms with E-state index < -0.39 is 24.2 Å². The zero-order valence-electron chi connectivity index (χ0n) is 14.8. The number of fused-ring (bicyclic) bond motifs is 1. The minimum Gasteiger partial charge on any atom is -0.361 e. The lowest BCUT2D eigenvalue weighted by atomic mass is 10.0. The van der Waals surface area contributed by atoms with Gasteiger partial charge in [-0.2, -0.15) is 18.3 Å². The summed E-state index contributed by atoms with van der Waals surface area (Å²) in [6.45, 7) is 0.152. The van der Waals surface area contributed by atoms with E-state index in [1.807, 2.05) is 0 Å². The van der Waals surface area contributed by atoms with Crippen LogP contribution in [0.15, 0.2) is 42.0 Å². The van der Waals surface area contributed by atoms with Crippen LogP contribution >= 0.6 is 22.9 Å².